The molecule has 1 aliphatic rings. The quantitative estimate of drug-likeness (QED) is 0.631. The molecule has 0 bridgehead atoms. The van der Waals surface area contributed by atoms with Crippen molar-refractivity contribution in [3.05, 3.63) is 0 Å². The molecule has 1 aliphatic heterocycles. The van der Waals surface area contributed by atoms with Crippen molar-refractivity contribution < 1.29 is 9.53 Å². The molecular formula is C9H18N2O2. The fourth-order valence-corrected chi connectivity index (χ4v) is 1.35. The van der Waals surface area contributed by atoms with E-state index in [0.717, 1.165) is 0 Å². The van der Waals surface area contributed by atoms with Crippen LogP contribution in [0.25, 0.3) is 0 Å². The van der Waals surface area contributed by atoms with E-state index >= 15 is 0 Å². The van der Waals surface area contributed by atoms with Crippen molar-refractivity contribution in [1.82, 2.24) is 5.32 Å². The molecular weight excluding hydrogens is 168 g/mol. The first-order valence-electron chi connectivity index (χ1n) is 4.61. The second-order valence-electron chi connectivity index (χ2n) is 4.17. The van der Waals surface area contributed by atoms with E-state index in [1.54, 1.807) is 0 Å². The van der Waals surface area contributed by atoms with Crippen molar-refractivity contribution in [2.75, 3.05) is 13.2 Å². The predicted octanol–water partition coefficient (Wildman–Crippen LogP) is -0.125. The maximum Gasteiger partial charge on any atom is 0.230 e. The Hall–Kier alpha value is -0.610. The summed E-state index contributed by atoms with van der Waals surface area (Å²) >= 11 is 0. The third-order valence-corrected chi connectivity index (χ3v) is 2.46. The van der Waals surface area contributed by atoms with Gasteiger partial charge in [0.15, 0.2) is 0 Å². The Balaban J connectivity index is 2.63. The van der Waals surface area contributed by atoms with Gasteiger partial charge in [-0.2, -0.15) is 0 Å². The highest BCUT2D eigenvalue weighted by Crippen LogP contribution is 2.27. The molecule has 1 heterocycles. The smallest absolute Gasteiger partial charge is 0.230 e. The third kappa shape index (κ3) is 2.00. The number of rotatable bonds is 2. The maximum atomic E-state index is 11.7. The van der Waals surface area contributed by atoms with Gasteiger partial charge in [-0.15, -0.1) is 0 Å². The predicted molar refractivity (Wildman–Crippen MR) is 50.2 cm³/mol. The number of carbonyl (C=O) groups excluding carboxylic acids is 1. The Morgan fingerprint density at radius 3 is 2.69 bits per heavy atom. The summed E-state index contributed by atoms with van der Waals surface area (Å²) in [6.45, 7) is 6.61. The molecule has 0 aromatic heterocycles. The Morgan fingerprint density at radius 2 is 2.31 bits per heavy atom. The number of nitrogens with two attached hydrogens (primary N) is 1. The molecule has 3 N–H and O–H groups in total. The summed E-state index contributed by atoms with van der Waals surface area (Å²) < 4.78 is 5.19. The minimum Gasteiger partial charge on any atom is -0.379 e. The summed E-state index contributed by atoms with van der Waals surface area (Å²) in [5.74, 6) is -0.00694. The van der Waals surface area contributed by atoms with Gasteiger partial charge in [0.1, 0.15) is 0 Å². The zero-order chi connectivity index (χ0) is 10.1. The molecule has 1 amide bonds. The van der Waals surface area contributed by atoms with Crippen LogP contribution >= 0.6 is 0 Å². The van der Waals surface area contributed by atoms with Gasteiger partial charge in [0.2, 0.25) is 5.91 Å². The topological polar surface area (TPSA) is 64.3 Å². The van der Waals surface area contributed by atoms with E-state index in [1.165, 1.54) is 0 Å². The summed E-state index contributed by atoms with van der Waals surface area (Å²) in [5, 5.41) is 2.86. The first kappa shape index (κ1) is 10.5. The number of hydrogen-bond acceptors (Lipinski definition) is 3. The summed E-state index contributed by atoms with van der Waals surface area (Å²) in [4.78, 5) is 11.7. The average molecular weight is 186 g/mol. The molecule has 0 saturated carbocycles. The van der Waals surface area contributed by atoms with Crippen molar-refractivity contribution in [1.29, 1.82) is 0 Å². The number of hydrogen-bond donors (Lipinski definition) is 2. The van der Waals surface area contributed by atoms with Crippen LogP contribution in [0.1, 0.15) is 20.8 Å². The Labute approximate surface area is 78.8 Å². The fourth-order valence-electron chi connectivity index (χ4n) is 1.35. The van der Waals surface area contributed by atoms with Crippen LogP contribution in [0.15, 0.2) is 0 Å². The highest BCUT2D eigenvalue weighted by atomic mass is 16.5. The first-order valence-corrected chi connectivity index (χ1v) is 4.61. The van der Waals surface area contributed by atoms with E-state index in [2.05, 4.69) is 5.32 Å². The molecule has 2 unspecified atom stereocenters. The normalized spacial score (nSPS) is 33.8. The molecule has 4 heteroatoms. The highest BCUT2D eigenvalue weighted by molar-refractivity contribution is 5.83. The van der Waals surface area contributed by atoms with E-state index < -0.39 is 5.41 Å². The lowest BCUT2D eigenvalue weighted by atomic mass is 9.84. The zero-order valence-electron chi connectivity index (χ0n) is 8.46. The summed E-state index contributed by atoms with van der Waals surface area (Å²) in [7, 11) is 0. The number of amides is 1. The molecule has 0 aromatic carbocycles. The van der Waals surface area contributed by atoms with Crippen LogP contribution in [-0.4, -0.2) is 31.2 Å². The molecule has 0 radical (unpaired) electrons. The highest BCUT2D eigenvalue weighted by Gasteiger charge is 2.44. The minimum absolute atomic E-state index is 0.00694. The molecule has 1 rings (SSSR count). The van der Waals surface area contributed by atoms with Gasteiger partial charge in [0.05, 0.1) is 18.6 Å². The van der Waals surface area contributed by atoms with Gasteiger partial charge in [-0.1, -0.05) is 0 Å². The second kappa shape index (κ2) is 3.64. The molecule has 0 aliphatic carbocycles. The Kier molecular flexibility index (Phi) is 2.93. The second-order valence-corrected chi connectivity index (χ2v) is 4.17. The lowest BCUT2D eigenvalue weighted by Gasteiger charge is -2.26. The summed E-state index contributed by atoms with van der Waals surface area (Å²) in [6, 6.07) is -0.0385. The van der Waals surface area contributed by atoms with Gasteiger partial charge in [0, 0.05) is 12.1 Å². The van der Waals surface area contributed by atoms with Crippen molar-refractivity contribution in [3.63, 3.8) is 0 Å². The molecule has 4 nitrogen and oxygen atoms in total. The van der Waals surface area contributed by atoms with Crippen molar-refractivity contribution in [3.8, 4) is 0 Å². The zero-order valence-corrected chi connectivity index (χ0v) is 8.46. The maximum absolute atomic E-state index is 11.7. The van der Waals surface area contributed by atoms with Gasteiger partial charge in [-0.25, -0.2) is 0 Å². The molecule has 13 heavy (non-hydrogen) atoms. The first-order chi connectivity index (χ1) is 5.97. The average Bonchev–Trinajstić information content (AvgIpc) is 2.32. The van der Waals surface area contributed by atoms with Crippen LogP contribution in [-0.2, 0) is 9.53 Å². The number of nitrogens with one attached hydrogen (secondary N) is 1. The number of ether oxygens (including phenoxy) is 1. The van der Waals surface area contributed by atoms with Crippen LogP contribution in [0.3, 0.4) is 0 Å². The van der Waals surface area contributed by atoms with Crippen LogP contribution in [0.5, 0.6) is 0 Å². The number of carbonyl (C=O) groups is 1. The lowest BCUT2D eigenvalue weighted by Crippen LogP contribution is -2.51. The summed E-state index contributed by atoms with van der Waals surface area (Å²) in [6.07, 6.45) is 0. The van der Waals surface area contributed by atoms with E-state index in [-0.39, 0.29) is 18.0 Å². The molecule has 2 atom stereocenters. The van der Waals surface area contributed by atoms with E-state index in [9.17, 15) is 4.79 Å². The van der Waals surface area contributed by atoms with Crippen LogP contribution in [0, 0.1) is 5.41 Å². The van der Waals surface area contributed by atoms with Gasteiger partial charge in [-0.05, 0) is 20.8 Å². The molecule has 0 spiro atoms. The van der Waals surface area contributed by atoms with Crippen molar-refractivity contribution in [2.45, 2.75) is 32.9 Å². The van der Waals surface area contributed by atoms with Gasteiger partial charge < -0.3 is 15.8 Å². The fraction of sp³-hybridized carbons (Fsp3) is 0.889. The monoisotopic (exact) mass is 186 g/mol. The van der Waals surface area contributed by atoms with Crippen LogP contribution < -0.4 is 11.1 Å². The van der Waals surface area contributed by atoms with Crippen LogP contribution in [0.2, 0.25) is 0 Å². The third-order valence-electron chi connectivity index (χ3n) is 2.46. The summed E-state index contributed by atoms with van der Waals surface area (Å²) in [5.41, 5.74) is 5.25. The lowest BCUT2D eigenvalue weighted by molar-refractivity contribution is -0.131. The molecule has 0 aromatic rings. The van der Waals surface area contributed by atoms with Gasteiger partial charge >= 0.3 is 0 Å². The van der Waals surface area contributed by atoms with Gasteiger partial charge in [0.25, 0.3) is 0 Å². The van der Waals surface area contributed by atoms with E-state index in [1.807, 2.05) is 20.8 Å². The largest absolute Gasteiger partial charge is 0.379 e. The minimum atomic E-state index is -0.551. The Morgan fingerprint density at radius 1 is 1.69 bits per heavy atom. The van der Waals surface area contributed by atoms with Crippen LogP contribution in [0.4, 0.5) is 0 Å². The molecule has 1 fully saturated rings. The molecule has 1 saturated heterocycles. The van der Waals surface area contributed by atoms with E-state index in [0.29, 0.717) is 13.2 Å². The SMILES string of the molecule is CC(C)NC(=O)C1(C)COCC1N. The van der Waals surface area contributed by atoms with Crippen molar-refractivity contribution >= 4 is 5.91 Å². The van der Waals surface area contributed by atoms with Crippen molar-refractivity contribution in [2.24, 2.45) is 11.1 Å². The standard InChI is InChI=1S/C9H18N2O2/c1-6(2)11-8(12)9(3)5-13-4-7(9)10/h6-7H,4-5,10H2,1-3H3,(H,11,12). The van der Waals surface area contributed by atoms with Gasteiger partial charge in [-0.3, -0.25) is 4.79 Å². The Bertz CT molecular complexity index is 206. The van der Waals surface area contributed by atoms with E-state index in [4.69, 9.17) is 10.5 Å². The molecule has 76 valence electrons.